The Morgan fingerprint density at radius 1 is 1.28 bits per heavy atom. The van der Waals surface area contributed by atoms with Crippen molar-refractivity contribution in [2.75, 3.05) is 18.0 Å². The zero-order chi connectivity index (χ0) is 12.4. The molecule has 2 aromatic rings. The lowest BCUT2D eigenvalue weighted by molar-refractivity contribution is 0.583. The summed E-state index contributed by atoms with van der Waals surface area (Å²) in [5.41, 5.74) is 7.06. The molecule has 4 heteroatoms. The van der Waals surface area contributed by atoms with Gasteiger partial charge in [0, 0.05) is 24.5 Å². The molecule has 0 spiro atoms. The van der Waals surface area contributed by atoms with Crippen molar-refractivity contribution in [2.45, 2.75) is 31.7 Å². The topological polar surface area (TPSA) is 42.1 Å². The van der Waals surface area contributed by atoms with E-state index in [9.17, 15) is 0 Å². The number of fused-ring (bicyclic) bond motifs is 1. The van der Waals surface area contributed by atoms with Crippen LogP contribution in [0.2, 0.25) is 0 Å². The molecule has 1 aromatic carbocycles. The van der Waals surface area contributed by atoms with Crippen LogP contribution in [0.1, 0.15) is 25.7 Å². The second kappa shape index (κ2) is 5.24. The first-order valence-electron chi connectivity index (χ1n) is 6.71. The van der Waals surface area contributed by atoms with Gasteiger partial charge in [-0.1, -0.05) is 25.0 Å². The average molecular weight is 261 g/mol. The van der Waals surface area contributed by atoms with Crippen molar-refractivity contribution < 1.29 is 0 Å². The van der Waals surface area contributed by atoms with Gasteiger partial charge in [0.1, 0.15) is 5.00 Å². The standard InChI is InChI=1S/C14H19N3S/c15-10-11-6-2-1-5-9-17(11)14-12-7-3-4-8-13(12)16-18-14/h3-4,7-8,11H,1-2,5-6,9-10,15H2. The summed E-state index contributed by atoms with van der Waals surface area (Å²) in [6.45, 7) is 1.86. The summed E-state index contributed by atoms with van der Waals surface area (Å²) < 4.78 is 4.55. The number of nitrogens with two attached hydrogens (primary N) is 1. The van der Waals surface area contributed by atoms with E-state index in [1.807, 2.05) is 0 Å². The molecule has 1 saturated heterocycles. The van der Waals surface area contributed by atoms with Crippen LogP contribution < -0.4 is 10.6 Å². The minimum Gasteiger partial charge on any atom is -0.357 e. The number of hydrogen-bond donors (Lipinski definition) is 1. The molecule has 0 aliphatic carbocycles. The van der Waals surface area contributed by atoms with E-state index >= 15 is 0 Å². The zero-order valence-electron chi connectivity index (χ0n) is 10.5. The molecule has 3 nitrogen and oxygen atoms in total. The van der Waals surface area contributed by atoms with Gasteiger partial charge in [0.25, 0.3) is 0 Å². The van der Waals surface area contributed by atoms with Crippen molar-refractivity contribution >= 4 is 27.4 Å². The Labute approximate surface area is 112 Å². The highest BCUT2D eigenvalue weighted by atomic mass is 32.1. The summed E-state index contributed by atoms with van der Waals surface area (Å²) >= 11 is 1.62. The fraction of sp³-hybridized carbons (Fsp3) is 0.500. The second-order valence-electron chi connectivity index (χ2n) is 4.94. The second-order valence-corrected chi connectivity index (χ2v) is 5.69. The van der Waals surface area contributed by atoms with Crippen molar-refractivity contribution in [3.8, 4) is 0 Å². The van der Waals surface area contributed by atoms with Gasteiger partial charge >= 0.3 is 0 Å². The maximum atomic E-state index is 5.96. The van der Waals surface area contributed by atoms with E-state index < -0.39 is 0 Å². The molecule has 18 heavy (non-hydrogen) atoms. The lowest BCUT2D eigenvalue weighted by Gasteiger charge is -2.29. The fourth-order valence-electron chi connectivity index (χ4n) is 2.77. The Bertz CT molecular complexity index is 522. The Kier molecular flexibility index (Phi) is 3.48. The average Bonchev–Trinajstić information content (AvgIpc) is 2.69. The third kappa shape index (κ3) is 2.10. The molecule has 0 amide bonds. The molecule has 1 fully saturated rings. The van der Waals surface area contributed by atoms with Gasteiger partial charge in [-0.15, -0.1) is 0 Å². The van der Waals surface area contributed by atoms with Crippen molar-refractivity contribution in [1.29, 1.82) is 0 Å². The summed E-state index contributed by atoms with van der Waals surface area (Å²) in [5.74, 6) is 0. The Balaban J connectivity index is 2.00. The fourth-order valence-corrected chi connectivity index (χ4v) is 3.73. The van der Waals surface area contributed by atoms with Crippen LogP contribution in [0.4, 0.5) is 5.00 Å². The van der Waals surface area contributed by atoms with Crippen LogP contribution in [0.15, 0.2) is 24.3 Å². The summed E-state index contributed by atoms with van der Waals surface area (Å²) in [4.78, 5) is 2.49. The first-order valence-corrected chi connectivity index (χ1v) is 7.48. The van der Waals surface area contributed by atoms with Crippen LogP contribution >= 0.6 is 11.5 Å². The molecule has 1 aliphatic rings. The van der Waals surface area contributed by atoms with E-state index in [-0.39, 0.29) is 0 Å². The molecule has 2 N–H and O–H groups in total. The third-order valence-electron chi connectivity index (χ3n) is 3.77. The third-order valence-corrected chi connectivity index (χ3v) is 4.69. The predicted molar refractivity (Wildman–Crippen MR) is 78.3 cm³/mol. The van der Waals surface area contributed by atoms with Gasteiger partial charge in [-0.3, -0.25) is 0 Å². The maximum absolute atomic E-state index is 5.96. The number of nitrogens with zero attached hydrogens (tertiary/aromatic N) is 2. The molecular weight excluding hydrogens is 242 g/mol. The van der Waals surface area contributed by atoms with Crippen LogP contribution in [-0.2, 0) is 0 Å². The molecule has 2 heterocycles. The lowest BCUT2D eigenvalue weighted by Crippen LogP contribution is -2.39. The molecule has 1 atom stereocenters. The molecule has 3 rings (SSSR count). The highest BCUT2D eigenvalue weighted by Crippen LogP contribution is 2.34. The number of rotatable bonds is 2. The van der Waals surface area contributed by atoms with Crippen molar-refractivity contribution in [3.05, 3.63) is 24.3 Å². The highest BCUT2D eigenvalue weighted by molar-refractivity contribution is 7.11. The normalized spacial score (nSPS) is 21.2. The quantitative estimate of drug-likeness (QED) is 0.903. The van der Waals surface area contributed by atoms with Gasteiger partial charge in [-0.2, -0.15) is 4.37 Å². The van der Waals surface area contributed by atoms with Crippen molar-refractivity contribution in [2.24, 2.45) is 5.73 Å². The Morgan fingerprint density at radius 2 is 2.17 bits per heavy atom. The Hall–Kier alpha value is -1.13. The van der Waals surface area contributed by atoms with Crippen LogP contribution in [0.5, 0.6) is 0 Å². The molecule has 0 radical (unpaired) electrons. The van der Waals surface area contributed by atoms with Crippen LogP contribution in [-0.4, -0.2) is 23.5 Å². The molecular formula is C14H19N3S. The van der Waals surface area contributed by atoms with E-state index in [1.165, 1.54) is 36.1 Å². The largest absolute Gasteiger partial charge is 0.357 e. The summed E-state index contributed by atoms with van der Waals surface area (Å²) in [5, 5.41) is 2.59. The molecule has 1 unspecified atom stereocenters. The molecule has 0 bridgehead atoms. The molecule has 1 aliphatic heterocycles. The number of hydrogen-bond acceptors (Lipinski definition) is 4. The highest BCUT2D eigenvalue weighted by Gasteiger charge is 2.23. The number of aromatic nitrogens is 1. The Morgan fingerprint density at radius 3 is 3.06 bits per heavy atom. The molecule has 0 saturated carbocycles. The van der Waals surface area contributed by atoms with Gasteiger partial charge in [-0.05, 0) is 36.5 Å². The smallest absolute Gasteiger partial charge is 0.120 e. The first kappa shape index (κ1) is 11.9. The SMILES string of the molecule is NCC1CCCCCN1c1snc2ccccc12. The van der Waals surface area contributed by atoms with E-state index in [0.29, 0.717) is 6.04 Å². The van der Waals surface area contributed by atoms with Gasteiger partial charge in [0.05, 0.1) is 5.52 Å². The minimum atomic E-state index is 0.483. The first-order chi connectivity index (χ1) is 8.90. The minimum absolute atomic E-state index is 0.483. The van der Waals surface area contributed by atoms with Gasteiger partial charge in [0.2, 0.25) is 0 Å². The monoisotopic (exact) mass is 261 g/mol. The van der Waals surface area contributed by atoms with Gasteiger partial charge < -0.3 is 10.6 Å². The van der Waals surface area contributed by atoms with Gasteiger partial charge in [0.15, 0.2) is 0 Å². The summed E-state index contributed by atoms with van der Waals surface area (Å²) in [6, 6.07) is 8.89. The van der Waals surface area contributed by atoms with E-state index in [0.717, 1.165) is 18.6 Å². The van der Waals surface area contributed by atoms with E-state index in [4.69, 9.17) is 5.73 Å². The van der Waals surface area contributed by atoms with E-state index in [1.54, 1.807) is 11.5 Å². The summed E-state index contributed by atoms with van der Waals surface area (Å²) in [7, 11) is 0. The van der Waals surface area contributed by atoms with Gasteiger partial charge in [-0.25, -0.2) is 0 Å². The summed E-state index contributed by atoms with van der Waals surface area (Å²) in [6.07, 6.45) is 5.10. The molecule has 1 aromatic heterocycles. The van der Waals surface area contributed by atoms with Crippen LogP contribution in [0.25, 0.3) is 10.9 Å². The van der Waals surface area contributed by atoms with Crippen molar-refractivity contribution in [1.82, 2.24) is 4.37 Å². The zero-order valence-corrected chi connectivity index (χ0v) is 11.3. The van der Waals surface area contributed by atoms with Crippen LogP contribution in [0, 0.1) is 0 Å². The number of benzene rings is 1. The lowest BCUT2D eigenvalue weighted by atomic mass is 10.1. The van der Waals surface area contributed by atoms with Crippen LogP contribution in [0.3, 0.4) is 0 Å². The van der Waals surface area contributed by atoms with E-state index in [2.05, 4.69) is 33.5 Å². The molecule has 96 valence electrons. The van der Waals surface area contributed by atoms with Crippen molar-refractivity contribution in [3.63, 3.8) is 0 Å². The maximum Gasteiger partial charge on any atom is 0.120 e. The number of anilines is 1. The predicted octanol–water partition coefficient (Wildman–Crippen LogP) is 3.00.